The fourth-order valence-corrected chi connectivity index (χ4v) is 1.63. The maximum absolute atomic E-state index is 13.5. The minimum atomic E-state index is -0.609. The third kappa shape index (κ3) is 3.00. The van der Waals surface area contributed by atoms with E-state index in [4.69, 9.17) is 16.3 Å². The molecule has 6 heteroatoms. The highest BCUT2D eigenvalue weighted by Gasteiger charge is 2.12. The third-order valence-electron chi connectivity index (χ3n) is 2.40. The summed E-state index contributed by atoms with van der Waals surface area (Å²) in [6, 6.07) is 7.16. The number of halogens is 2. The molecule has 1 heterocycles. The quantitative estimate of drug-likeness (QED) is 0.940. The first-order valence-corrected chi connectivity index (χ1v) is 5.75. The lowest BCUT2D eigenvalue weighted by molar-refractivity contribution is 0.102. The molecule has 0 atom stereocenters. The molecule has 1 amide bonds. The Morgan fingerprint density at radius 2 is 2.21 bits per heavy atom. The molecule has 2 rings (SSSR count). The number of anilines is 1. The van der Waals surface area contributed by atoms with E-state index in [1.54, 1.807) is 12.1 Å². The SMILES string of the molecule is COc1ccc(C(=O)Nc2ncccc2Cl)cc1F. The van der Waals surface area contributed by atoms with Crippen molar-refractivity contribution in [3.05, 3.63) is 52.9 Å². The van der Waals surface area contributed by atoms with Crippen molar-refractivity contribution in [2.45, 2.75) is 0 Å². The number of aromatic nitrogens is 1. The zero-order chi connectivity index (χ0) is 13.8. The number of nitrogens with zero attached hydrogens (tertiary/aromatic N) is 1. The van der Waals surface area contributed by atoms with Crippen LogP contribution in [0.15, 0.2) is 36.5 Å². The standard InChI is InChI=1S/C13H10ClFN2O2/c1-19-11-5-4-8(7-10(11)15)13(18)17-12-9(14)3-2-6-16-12/h2-7H,1H3,(H,16,17,18). The summed E-state index contributed by atoms with van der Waals surface area (Å²) in [7, 11) is 1.35. The first-order valence-electron chi connectivity index (χ1n) is 5.37. The Hall–Kier alpha value is -2.14. The van der Waals surface area contributed by atoms with Crippen LogP contribution in [0, 0.1) is 5.82 Å². The number of carbonyl (C=O) groups is 1. The molecular formula is C13H10ClFN2O2. The van der Waals surface area contributed by atoms with E-state index in [1.165, 1.54) is 25.4 Å². The molecule has 0 radical (unpaired) electrons. The van der Waals surface area contributed by atoms with Crippen molar-refractivity contribution in [2.24, 2.45) is 0 Å². The molecule has 0 aliphatic rings. The van der Waals surface area contributed by atoms with Gasteiger partial charge in [-0.05, 0) is 30.3 Å². The molecule has 19 heavy (non-hydrogen) atoms. The van der Waals surface area contributed by atoms with Gasteiger partial charge in [0.15, 0.2) is 17.4 Å². The van der Waals surface area contributed by atoms with Gasteiger partial charge in [-0.2, -0.15) is 0 Å². The lowest BCUT2D eigenvalue weighted by atomic mass is 10.2. The normalized spacial score (nSPS) is 10.1. The van der Waals surface area contributed by atoms with Crippen LogP contribution in [0.2, 0.25) is 5.02 Å². The summed E-state index contributed by atoms with van der Waals surface area (Å²) in [6.45, 7) is 0. The Labute approximate surface area is 114 Å². The molecule has 0 aliphatic heterocycles. The number of hydrogen-bond acceptors (Lipinski definition) is 3. The molecule has 2 aromatic rings. The van der Waals surface area contributed by atoms with Gasteiger partial charge in [-0.1, -0.05) is 11.6 Å². The summed E-state index contributed by atoms with van der Waals surface area (Å²) in [5.41, 5.74) is 0.153. The van der Waals surface area contributed by atoms with E-state index in [0.717, 1.165) is 6.07 Å². The first kappa shape index (κ1) is 13.3. The van der Waals surface area contributed by atoms with Crippen LogP contribution in [0.25, 0.3) is 0 Å². The van der Waals surface area contributed by atoms with Crippen molar-refractivity contribution in [3.8, 4) is 5.75 Å². The minimum absolute atomic E-state index is 0.0763. The number of ether oxygens (including phenoxy) is 1. The molecule has 0 saturated carbocycles. The van der Waals surface area contributed by atoms with Gasteiger partial charge in [0.1, 0.15) is 0 Å². The molecule has 0 fully saturated rings. The maximum atomic E-state index is 13.5. The average molecular weight is 281 g/mol. The monoisotopic (exact) mass is 280 g/mol. The van der Waals surface area contributed by atoms with Crippen LogP contribution < -0.4 is 10.1 Å². The van der Waals surface area contributed by atoms with Crippen molar-refractivity contribution >= 4 is 23.3 Å². The lowest BCUT2D eigenvalue weighted by Crippen LogP contribution is -2.13. The Balaban J connectivity index is 2.21. The van der Waals surface area contributed by atoms with Gasteiger partial charge in [-0.3, -0.25) is 4.79 Å². The van der Waals surface area contributed by atoms with E-state index in [2.05, 4.69) is 10.3 Å². The first-order chi connectivity index (χ1) is 9.11. The van der Waals surface area contributed by atoms with Crippen LogP contribution in [0.4, 0.5) is 10.2 Å². The van der Waals surface area contributed by atoms with Crippen LogP contribution in [-0.2, 0) is 0 Å². The molecule has 0 bridgehead atoms. The van der Waals surface area contributed by atoms with E-state index in [1.807, 2.05) is 0 Å². The molecular weight excluding hydrogens is 271 g/mol. The predicted molar refractivity (Wildman–Crippen MR) is 70.2 cm³/mol. The number of methoxy groups -OCH3 is 1. The van der Waals surface area contributed by atoms with Crippen LogP contribution >= 0.6 is 11.6 Å². The van der Waals surface area contributed by atoms with E-state index in [-0.39, 0.29) is 17.1 Å². The topological polar surface area (TPSA) is 51.2 Å². The number of amides is 1. The van der Waals surface area contributed by atoms with E-state index >= 15 is 0 Å². The fourth-order valence-electron chi connectivity index (χ4n) is 1.46. The summed E-state index contributed by atoms with van der Waals surface area (Å²) in [5, 5.41) is 2.81. The van der Waals surface area contributed by atoms with Crippen molar-refractivity contribution < 1.29 is 13.9 Å². The van der Waals surface area contributed by atoms with Gasteiger partial charge in [0, 0.05) is 11.8 Å². The second-order valence-corrected chi connectivity index (χ2v) is 4.04. The second kappa shape index (κ2) is 5.67. The zero-order valence-electron chi connectivity index (χ0n) is 9.98. The highest BCUT2D eigenvalue weighted by molar-refractivity contribution is 6.33. The summed E-state index contributed by atoms with van der Waals surface area (Å²) in [6.07, 6.45) is 1.50. The van der Waals surface area contributed by atoms with Crippen LogP contribution in [0.5, 0.6) is 5.75 Å². The van der Waals surface area contributed by atoms with E-state index < -0.39 is 11.7 Å². The molecule has 0 unspecified atom stereocenters. The molecule has 98 valence electrons. The summed E-state index contributed by atoms with van der Waals surface area (Å²) in [4.78, 5) is 15.8. The van der Waals surface area contributed by atoms with Gasteiger partial charge in [-0.15, -0.1) is 0 Å². The highest BCUT2D eigenvalue weighted by atomic mass is 35.5. The number of pyridine rings is 1. The molecule has 1 aromatic heterocycles. The van der Waals surface area contributed by atoms with Crippen molar-refractivity contribution in [3.63, 3.8) is 0 Å². The Morgan fingerprint density at radius 3 is 2.84 bits per heavy atom. The number of carbonyl (C=O) groups excluding carboxylic acids is 1. The Kier molecular flexibility index (Phi) is 3.97. The van der Waals surface area contributed by atoms with Crippen molar-refractivity contribution in [2.75, 3.05) is 12.4 Å². The Morgan fingerprint density at radius 1 is 1.42 bits per heavy atom. The van der Waals surface area contributed by atoms with Crippen LogP contribution in [0.3, 0.4) is 0 Å². The smallest absolute Gasteiger partial charge is 0.256 e. The number of rotatable bonds is 3. The van der Waals surface area contributed by atoms with Gasteiger partial charge in [-0.25, -0.2) is 9.37 Å². The summed E-state index contributed by atoms with van der Waals surface area (Å²) < 4.78 is 18.3. The fraction of sp³-hybridized carbons (Fsp3) is 0.0769. The zero-order valence-corrected chi connectivity index (χ0v) is 10.7. The largest absolute Gasteiger partial charge is 0.494 e. The second-order valence-electron chi connectivity index (χ2n) is 3.64. The third-order valence-corrected chi connectivity index (χ3v) is 2.71. The number of benzene rings is 1. The molecule has 4 nitrogen and oxygen atoms in total. The van der Waals surface area contributed by atoms with E-state index in [0.29, 0.717) is 5.02 Å². The molecule has 0 saturated heterocycles. The van der Waals surface area contributed by atoms with Crippen molar-refractivity contribution in [1.82, 2.24) is 4.98 Å². The van der Waals surface area contributed by atoms with Gasteiger partial charge >= 0.3 is 0 Å². The summed E-state index contributed by atoms with van der Waals surface area (Å²) in [5.74, 6) is -0.803. The molecule has 1 N–H and O–H groups in total. The number of hydrogen-bond donors (Lipinski definition) is 1. The molecule has 0 aliphatic carbocycles. The highest BCUT2D eigenvalue weighted by Crippen LogP contribution is 2.20. The minimum Gasteiger partial charge on any atom is -0.494 e. The predicted octanol–water partition coefficient (Wildman–Crippen LogP) is 3.14. The maximum Gasteiger partial charge on any atom is 0.256 e. The van der Waals surface area contributed by atoms with Crippen LogP contribution in [0.1, 0.15) is 10.4 Å². The van der Waals surface area contributed by atoms with Crippen LogP contribution in [-0.4, -0.2) is 18.0 Å². The molecule has 0 spiro atoms. The van der Waals surface area contributed by atoms with E-state index in [9.17, 15) is 9.18 Å². The van der Waals surface area contributed by atoms with Gasteiger partial charge in [0.25, 0.3) is 5.91 Å². The summed E-state index contributed by atoms with van der Waals surface area (Å²) >= 11 is 5.86. The number of nitrogens with one attached hydrogen (secondary N) is 1. The molecule has 1 aromatic carbocycles. The Bertz CT molecular complexity index is 619. The lowest BCUT2D eigenvalue weighted by Gasteiger charge is -2.07. The average Bonchev–Trinajstić information content (AvgIpc) is 2.41. The van der Waals surface area contributed by atoms with Gasteiger partial charge in [0.2, 0.25) is 0 Å². The van der Waals surface area contributed by atoms with Gasteiger partial charge in [0.05, 0.1) is 12.1 Å². The van der Waals surface area contributed by atoms with Gasteiger partial charge < -0.3 is 10.1 Å². The van der Waals surface area contributed by atoms with Crippen molar-refractivity contribution in [1.29, 1.82) is 0 Å².